The minimum absolute atomic E-state index is 0.241. The maximum absolute atomic E-state index is 12.4. The molecule has 0 heterocycles. The molecule has 2 N–H and O–H groups in total. The first-order valence-corrected chi connectivity index (χ1v) is 7.88. The van der Waals surface area contributed by atoms with Crippen LogP contribution in [0.4, 0.5) is 0 Å². The number of amides is 2. The van der Waals surface area contributed by atoms with Crippen LogP contribution in [-0.2, 0) is 16.0 Å². The van der Waals surface area contributed by atoms with Crippen molar-refractivity contribution < 1.29 is 19.5 Å². The third-order valence-electron chi connectivity index (χ3n) is 3.65. The van der Waals surface area contributed by atoms with Gasteiger partial charge in [0.2, 0.25) is 5.91 Å². The standard InChI is InChI=1S/C19H20N2O4/c1-13(19(24)25)20-18(23)16(12-14-8-4-2-5-9-14)21-17(22)15-10-6-3-7-11-15/h2-11,13,16H,12H2,1H3,(H,20,23)(H,21,22)(H,24,25)/p-1/t13-,16-/m1/s1. The molecule has 0 saturated carbocycles. The molecule has 2 aromatic rings. The highest BCUT2D eigenvalue weighted by Gasteiger charge is 2.23. The van der Waals surface area contributed by atoms with Crippen LogP contribution in [-0.4, -0.2) is 29.9 Å². The summed E-state index contributed by atoms with van der Waals surface area (Å²) in [6.07, 6.45) is 0.241. The van der Waals surface area contributed by atoms with Crippen molar-refractivity contribution in [2.75, 3.05) is 0 Å². The number of nitrogens with one attached hydrogen (secondary N) is 2. The molecular formula is C19H19N2O4-. The van der Waals surface area contributed by atoms with Gasteiger partial charge in [-0.1, -0.05) is 48.5 Å². The summed E-state index contributed by atoms with van der Waals surface area (Å²) in [6.45, 7) is 1.31. The van der Waals surface area contributed by atoms with Crippen LogP contribution >= 0.6 is 0 Å². The second kappa shape index (κ2) is 8.63. The van der Waals surface area contributed by atoms with E-state index in [9.17, 15) is 19.5 Å². The van der Waals surface area contributed by atoms with Gasteiger partial charge in [0.1, 0.15) is 6.04 Å². The van der Waals surface area contributed by atoms with Crippen molar-refractivity contribution in [1.82, 2.24) is 10.6 Å². The number of rotatable bonds is 7. The SMILES string of the molecule is C[C@@H](NC(=O)[C@@H](Cc1ccccc1)NC(=O)c1ccccc1)C(=O)[O-]. The van der Waals surface area contributed by atoms with Gasteiger partial charge in [-0.15, -0.1) is 0 Å². The highest BCUT2D eigenvalue weighted by Crippen LogP contribution is 2.06. The molecule has 0 aliphatic rings. The van der Waals surface area contributed by atoms with Crippen LogP contribution in [0.15, 0.2) is 60.7 Å². The lowest BCUT2D eigenvalue weighted by molar-refractivity contribution is -0.307. The van der Waals surface area contributed by atoms with Crippen LogP contribution in [0, 0.1) is 0 Å². The number of benzene rings is 2. The van der Waals surface area contributed by atoms with Crippen molar-refractivity contribution in [3.63, 3.8) is 0 Å². The summed E-state index contributed by atoms with van der Waals surface area (Å²) in [7, 11) is 0. The summed E-state index contributed by atoms with van der Waals surface area (Å²) in [5.41, 5.74) is 1.26. The monoisotopic (exact) mass is 339 g/mol. The van der Waals surface area contributed by atoms with Crippen LogP contribution in [0.3, 0.4) is 0 Å². The van der Waals surface area contributed by atoms with E-state index in [1.807, 2.05) is 30.3 Å². The Morgan fingerprint density at radius 3 is 2.04 bits per heavy atom. The fourth-order valence-corrected chi connectivity index (χ4v) is 2.26. The molecule has 6 nitrogen and oxygen atoms in total. The first kappa shape index (κ1) is 18.2. The van der Waals surface area contributed by atoms with Crippen LogP contribution in [0.1, 0.15) is 22.8 Å². The summed E-state index contributed by atoms with van der Waals surface area (Å²) in [6, 6.07) is 15.6. The number of hydrogen-bond donors (Lipinski definition) is 2. The van der Waals surface area contributed by atoms with Crippen LogP contribution < -0.4 is 15.7 Å². The Morgan fingerprint density at radius 1 is 0.920 bits per heavy atom. The summed E-state index contributed by atoms with van der Waals surface area (Å²) >= 11 is 0. The maximum Gasteiger partial charge on any atom is 0.251 e. The quantitative estimate of drug-likeness (QED) is 0.757. The van der Waals surface area contributed by atoms with Gasteiger partial charge in [0.15, 0.2) is 0 Å². The van der Waals surface area contributed by atoms with E-state index in [-0.39, 0.29) is 6.42 Å². The number of carboxylic acid groups (broad SMARTS) is 1. The zero-order valence-electron chi connectivity index (χ0n) is 13.8. The molecule has 2 rings (SSSR count). The van der Waals surface area contributed by atoms with Crippen molar-refractivity contribution >= 4 is 17.8 Å². The number of carbonyl (C=O) groups is 3. The van der Waals surface area contributed by atoms with Crippen molar-refractivity contribution in [3.8, 4) is 0 Å². The molecule has 6 heteroatoms. The minimum Gasteiger partial charge on any atom is -0.548 e. The van der Waals surface area contributed by atoms with Gasteiger partial charge >= 0.3 is 0 Å². The summed E-state index contributed by atoms with van der Waals surface area (Å²) in [5.74, 6) is -2.37. The molecule has 25 heavy (non-hydrogen) atoms. The fraction of sp³-hybridized carbons (Fsp3) is 0.211. The van der Waals surface area contributed by atoms with Crippen molar-refractivity contribution in [3.05, 3.63) is 71.8 Å². The Kier molecular flexibility index (Phi) is 6.28. The van der Waals surface area contributed by atoms with Crippen molar-refractivity contribution in [2.45, 2.75) is 25.4 Å². The number of hydrogen-bond acceptors (Lipinski definition) is 4. The zero-order valence-corrected chi connectivity index (χ0v) is 13.8. The third-order valence-corrected chi connectivity index (χ3v) is 3.65. The van der Waals surface area contributed by atoms with Crippen molar-refractivity contribution in [1.29, 1.82) is 0 Å². The first-order chi connectivity index (χ1) is 12.0. The average molecular weight is 339 g/mol. The molecule has 130 valence electrons. The van der Waals surface area contributed by atoms with E-state index >= 15 is 0 Å². The van der Waals surface area contributed by atoms with E-state index in [1.165, 1.54) is 6.92 Å². The molecule has 0 bridgehead atoms. The molecular weight excluding hydrogens is 320 g/mol. The summed E-state index contributed by atoms with van der Waals surface area (Å²) in [4.78, 5) is 35.6. The molecule has 2 aromatic carbocycles. The normalized spacial score (nSPS) is 12.7. The Bertz CT molecular complexity index is 732. The summed E-state index contributed by atoms with van der Waals surface area (Å²) < 4.78 is 0. The van der Waals surface area contributed by atoms with Gasteiger partial charge in [0.05, 0.1) is 12.0 Å². The number of aliphatic carboxylic acids is 1. The first-order valence-electron chi connectivity index (χ1n) is 7.88. The molecule has 0 aliphatic heterocycles. The molecule has 2 amide bonds. The van der Waals surface area contributed by atoms with Gasteiger partial charge in [-0.3, -0.25) is 9.59 Å². The van der Waals surface area contributed by atoms with Crippen LogP contribution in [0.25, 0.3) is 0 Å². The lowest BCUT2D eigenvalue weighted by Crippen LogP contribution is -2.54. The van der Waals surface area contributed by atoms with Crippen molar-refractivity contribution in [2.24, 2.45) is 0 Å². The molecule has 0 aromatic heterocycles. The van der Waals surface area contributed by atoms with Gasteiger partial charge in [-0.05, 0) is 24.6 Å². The van der Waals surface area contributed by atoms with Gasteiger partial charge in [-0.25, -0.2) is 0 Å². The second-order valence-electron chi connectivity index (χ2n) is 5.63. The van der Waals surface area contributed by atoms with Gasteiger partial charge in [0, 0.05) is 12.0 Å². The van der Waals surface area contributed by atoms with E-state index in [0.717, 1.165) is 5.56 Å². The van der Waals surface area contributed by atoms with E-state index in [2.05, 4.69) is 10.6 Å². The molecule has 0 unspecified atom stereocenters. The second-order valence-corrected chi connectivity index (χ2v) is 5.63. The number of carboxylic acids is 1. The van der Waals surface area contributed by atoms with Crippen LogP contribution in [0.2, 0.25) is 0 Å². The Morgan fingerprint density at radius 2 is 1.48 bits per heavy atom. The largest absolute Gasteiger partial charge is 0.548 e. The minimum atomic E-state index is -1.39. The van der Waals surface area contributed by atoms with Crippen LogP contribution in [0.5, 0.6) is 0 Å². The topological polar surface area (TPSA) is 98.3 Å². The van der Waals surface area contributed by atoms with Gasteiger partial charge in [-0.2, -0.15) is 0 Å². The Labute approximate surface area is 145 Å². The average Bonchev–Trinajstić information content (AvgIpc) is 2.62. The molecule has 0 spiro atoms. The molecule has 0 radical (unpaired) electrons. The van der Waals surface area contributed by atoms with Gasteiger partial charge in [0.25, 0.3) is 5.91 Å². The van der Waals surface area contributed by atoms with E-state index in [0.29, 0.717) is 5.56 Å². The third kappa shape index (κ3) is 5.46. The smallest absolute Gasteiger partial charge is 0.251 e. The molecule has 2 atom stereocenters. The Balaban J connectivity index is 2.15. The highest BCUT2D eigenvalue weighted by atomic mass is 16.4. The molecule has 0 fully saturated rings. The number of carbonyl (C=O) groups excluding carboxylic acids is 3. The van der Waals surface area contributed by atoms with E-state index in [4.69, 9.17) is 0 Å². The fourth-order valence-electron chi connectivity index (χ4n) is 2.26. The van der Waals surface area contributed by atoms with E-state index < -0.39 is 29.9 Å². The van der Waals surface area contributed by atoms with E-state index in [1.54, 1.807) is 30.3 Å². The summed E-state index contributed by atoms with van der Waals surface area (Å²) in [5, 5.41) is 15.8. The zero-order chi connectivity index (χ0) is 18.2. The molecule has 0 aliphatic carbocycles. The maximum atomic E-state index is 12.4. The highest BCUT2D eigenvalue weighted by molar-refractivity contribution is 5.98. The predicted octanol–water partition coefficient (Wildman–Crippen LogP) is 0.282. The Hall–Kier alpha value is -3.15. The molecule has 0 saturated heterocycles. The van der Waals surface area contributed by atoms with Gasteiger partial charge < -0.3 is 20.5 Å². The lowest BCUT2D eigenvalue weighted by atomic mass is 10.0. The predicted molar refractivity (Wildman–Crippen MR) is 90.5 cm³/mol. The lowest BCUT2D eigenvalue weighted by Gasteiger charge is -2.22.